The number of nitrogens with one attached hydrogen (secondary N) is 2. The third-order valence-corrected chi connectivity index (χ3v) is 5.15. The Morgan fingerprint density at radius 2 is 1.72 bits per heavy atom. The number of carbonyl (C=O) groups is 1. The first kappa shape index (κ1) is 21.3. The number of hydrogen-bond acceptors (Lipinski definition) is 6. The second-order valence-corrected chi connectivity index (χ2v) is 7.38. The summed E-state index contributed by atoms with van der Waals surface area (Å²) in [4.78, 5) is 17.2. The molecule has 4 aromatic rings. The van der Waals surface area contributed by atoms with Crippen molar-refractivity contribution in [2.75, 3.05) is 19.5 Å². The van der Waals surface area contributed by atoms with Gasteiger partial charge in [-0.15, -0.1) is 0 Å². The molecule has 0 aliphatic carbocycles. The van der Waals surface area contributed by atoms with E-state index < -0.39 is 0 Å². The summed E-state index contributed by atoms with van der Waals surface area (Å²) in [6, 6.07) is 18.2. The number of methoxy groups -OCH3 is 2. The Hall–Kier alpha value is -3.91. The van der Waals surface area contributed by atoms with Crippen LogP contribution in [0.15, 0.2) is 65.1 Å². The van der Waals surface area contributed by atoms with Crippen LogP contribution in [0.4, 0.5) is 5.69 Å². The molecule has 1 aromatic heterocycles. The van der Waals surface area contributed by atoms with E-state index in [0.29, 0.717) is 23.0 Å². The van der Waals surface area contributed by atoms with Gasteiger partial charge in [0.15, 0.2) is 10.7 Å². The van der Waals surface area contributed by atoms with Gasteiger partial charge in [-0.05, 0) is 61.1 Å². The minimum atomic E-state index is -0.382. The average Bonchev–Trinajstić information content (AvgIpc) is 3.24. The number of rotatable bonds is 5. The molecule has 7 nitrogen and oxygen atoms in total. The number of fused-ring (bicyclic) bond motifs is 1. The van der Waals surface area contributed by atoms with Crippen LogP contribution in [0.1, 0.15) is 15.9 Å². The van der Waals surface area contributed by atoms with E-state index in [1.54, 1.807) is 18.2 Å². The number of nitrogens with zero attached hydrogens (tertiary/aromatic N) is 1. The first-order valence-electron chi connectivity index (χ1n) is 9.79. The second-order valence-electron chi connectivity index (χ2n) is 6.97. The molecule has 0 bridgehead atoms. The molecule has 0 saturated heterocycles. The van der Waals surface area contributed by atoms with E-state index >= 15 is 0 Å². The summed E-state index contributed by atoms with van der Waals surface area (Å²) < 4.78 is 16.3. The summed E-state index contributed by atoms with van der Waals surface area (Å²) in [7, 11) is 3.05. The lowest BCUT2D eigenvalue weighted by Crippen LogP contribution is -2.34. The van der Waals surface area contributed by atoms with Crippen molar-refractivity contribution in [3.8, 4) is 23.0 Å². The third kappa shape index (κ3) is 4.40. The van der Waals surface area contributed by atoms with Gasteiger partial charge in [0.25, 0.3) is 5.91 Å². The molecular formula is C24H21N3O4S. The predicted molar refractivity (Wildman–Crippen MR) is 127 cm³/mol. The Balaban J connectivity index is 1.52. The lowest BCUT2D eigenvalue weighted by Gasteiger charge is -2.14. The van der Waals surface area contributed by atoms with Gasteiger partial charge in [0.1, 0.15) is 17.0 Å². The van der Waals surface area contributed by atoms with Crippen molar-refractivity contribution in [1.29, 1.82) is 0 Å². The maximum absolute atomic E-state index is 12.7. The summed E-state index contributed by atoms with van der Waals surface area (Å²) in [6.45, 7) is 1.93. The van der Waals surface area contributed by atoms with E-state index in [1.165, 1.54) is 14.2 Å². The topological polar surface area (TPSA) is 85.6 Å². The number of aromatic nitrogens is 1. The van der Waals surface area contributed by atoms with Gasteiger partial charge in [-0.2, -0.15) is 0 Å². The fourth-order valence-electron chi connectivity index (χ4n) is 3.26. The van der Waals surface area contributed by atoms with Crippen molar-refractivity contribution in [2.24, 2.45) is 0 Å². The molecule has 2 N–H and O–H groups in total. The molecule has 0 spiro atoms. The zero-order valence-corrected chi connectivity index (χ0v) is 18.6. The monoisotopic (exact) mass is 447 g/mol. The molecule has 0 radical (unpaired) electrons. The molecule has 0 aliphatic rings. The van der Waals surface area contributed by atoms with E-state index in [9.17, 15) is 4.79 Å². The van der Waals surface area contributed by atoms with E-state index in [4.69, 9.17) is 26.1 Å². The van der Waals surface area contributed by atoms with E-state index in [0.717, 1.165) is 27.9 Å². The van der Waals surface area contributed by atoms with Gasteiger partial charge in [0.05, 0.1) is 14.2 Å². The molecule has 0 aliphatic heterocycles. The van der Waals surface area contributed by atoms with Crippen LogP contribution in [-0.2, 0) is 0 Å². The first-order chi connectivity index (χ1) is 15.5. The lowest BCUT2D eigenvalue weighted by atomic mass is 10.1. The van der Waals surface area contributed by atoms with Gasteiger partial charge in [-0.3, -0.25) is 10.1 Å². The molecule has 32 heavy (non-hydrogen) atoms. The summed E-state index contributed by atoms with van der Waals surface area (Å²) in [6.07, 6.45) is 0. The van der Waals surface area contributed by atoms with Crippen molar-refractivity contribution < 1.29 is 18.7 Å². The molecule has 3 aromatic carbocycles. The van der Waals surface area contributed by atoms with Crippen LogP contribution in [0.2, 0.25) is 0 Å². The maximum atomic E-state index is 12.7. The second kappa shape index (κ2) is 9.07. The molecule has 0 fully saturated rings. The van der Waals surface area contributed by atoms with Gasteiger partial charge < -0.3 is 19.2 Å². The first-order valence-corrected chi connectivity index (χ1v) is 10.2. The summed E-state index contributed by atoms with van der Waals surface area (Å²) in [5, 5.41) is 5.93. The fourth-order valence-corrected chi connectivity index (χ4v) is 3.46. The summed E-state index contributed by atoms with van der Waals surface area (Å²) >= 11 is 5.36. The Kier molecular flexibility index (Phi) is 6.04. The van der Waals surface area contributed by atoms with Gasteiger partial charge in [0.2, 0.25) is 5.89 Å². The predicted octanol–water partition coefficient (Wildman–Crippen LogP) is 4.95. The Bertz CT molecular complexity index is 1260. The molecular weight excluding hydrogens is 426 g/mol. The zero-order valence-electron chi connectivity index (χ0n) is 17.8. The largest absolute Gasteiger partial charge is 0.497 e. The molecule has 0 unspecified atom stereocenters. The van der Waals surface area contributed by atoms with Crippen LogP contribution in [0.3, 0.4) is 0 Å². The molecule has 1 amide bonds. The minimum Gasteiger partial charge on any atom is -0.497 e. The van der Waals surface area contributed by atoms with Crippen LogP contribution in [0.25, 0.3) is 22.6 Å². The lowest BCUT2D eigenvalue weighted by molar-refractivity contribution is 0.0977. The van der Waals surface area contributed by atoms with Crippen molar-refractivity contribution in [3.05, 3.63) is 71.8 Å². The zero-order chi connectivity index (χ0) is 22.7. The number of amides is 1. The van der Waals surface area contributed by atoms with Gasteiger partial charge in [0, 0.05) is 22.9 Å². The van der Waals surface area contributed by atoms with Gasteiger partial charge in [-0.1, -0.05) is 18.2 Å². The smallest absolute Gasteiger partial charge is 0.257 e. The molecule has 162 valence electrons. The minimum absolute atomic E-state index is 0.162. The molecule has 8 heteroatoms. The average molecular weight is 448 g/mol. The van der Waals surface area contributed by atoms with Crippen LogP contribution >= 0.6 is 12.2 Å². The molecule has 0 saturated carbocycles. The number of carbonyl (C=O) groups excluding carboxylic acids is 1. The highest BCUT2D eigenvalue weighted by atomic mass is 32.1. The molecule has 1 heterocycles. The standard InChI is InChI=1S/C24H21N3O4S/c1-14-18(23-25-20-8-4-5-10-21(20)31-23)7-6-9-19(14)26-24(32)27-22(28)15-11-16(29-2)13-17(12-15)30-3/h4-13H,1-3H3,(H2,26,27,28,32). The highest BCUT2D eigenvalue weighted by Crippen LogP contribution is 2.30. The Morgan fingerprint density at radius 3 is 2.41 bits per heavy atom. The van der Waals surface area contributed by atoms with Crippen molar-refractivity contribution >= 4 is 40.0 Å². The van der Waals surface area contributed by atoms with Crippen LogP contribution < -0.4 is 20.1 Å². The highest BCUT2D eigenvalue weighted by molar-refractivity contribution is 7.80. The Morgan fingerprint density at radius 1 is 1.00 bits per heavy atom. The summed E-state index contributed by atoms with van der Waals surface area (Å²) in [5.41, 5.74) is 4.32. The van der Waals surface area contributed by atoms with E-state index in [1.807, 2.05) is 49.4 Å². The number of para-hydroxylation sites is 2. The number of thiocarbonyl (C=S) groups is 1. The summed E-state index contributed by atoms with van der Waals surface area (Å²) in [5.74, 6) is 1.16. The van der Waals surface area contributed by atoms with Crippen LogP contribution in [0.5, 0.6) is 11.5 Å². The van der Waals surface area contributed by atoms with Crippen LogP contribution in [0, 0.1) is 6.92 Å². The number of oxazole rings is 1. The number of hydrogen-bond donors (Lipinski definition) is 2. The molecule has 4 rings (SSSR count). The normalized spacial score (nSPS) is 10.6. The number of ether oxygens (including phenoxy) is 2. The van der Waals surface area contributed by atoms with E-state index in [2.05, 4.69) is 15.6 Å². The number of benzene rings is 3. The third-order valence-electron chi connectivity index (χ3n) is 4.95. The SMILES string of the molecule is COc1cc(OC)cc(C(=O)NC(=S)Nc2cccc(-c3nc4ccccc4o3)c2C)c1. The van der Waals surface area contributed by atoms with Crippen molar-refractivity contribution in [3.63, 3.8) is 0 Å². The van der Waals surface area contributed by atoms with Crippen molar-refractivity contribution in [1.82, 2.24) is 10.3 Å². The maximum Gasteiger partial charge on any atom is 0.257 e. The van der Waals surface area contributed by atoms with Crippen molar-refractivity contribution in [2.45, 2.75) is 6.92 Å². The highest BCUT2D eigenvalue weighted by Gasteiger charge is 2.15. The van der Waals surface area contributed by atoms with Gasteiger partial charge in [-0.25, -0.2) is 4.98 Å². The van der Waals surface area contributed by atoms with Crippen LogP contribution in [-0.4, -0.2) is 30.2 Å². The van der Waals surface area contributed by atoms with E-state index in [-0.39, 0.29) is 11.0 Å². The quantitative estimate of drug-likeness (QED) is 0.419. The fraction of sp³-hybridized carbons (Fsp3) is 0.125. The number of anilines is 1. The van der Waals surface area contributed by atoms with Gasteiger partial charge >= 0.3 is 0 Å². The molecule has 0 atom stereocenters. The Labute approximate surface area is 190 Å².